The van der Waals surface area contributed by atoms with Gasteiger partial charge in [-0.2, -0.15) is 5.26 Å². The first-order chi connectivity index (χ1) is 16.1. The van der Waals surface area contributed by atoms with E-state index in [-0.39, 0.29) is 18.1 Å². The molecule has 1 saturated heterocycles. The fourth-order valence-electron chi connectivity index (χ4n) is 4.15. The van der Waals surface area contributed by atoms with E-state index in [0.717, 1.165) is 22.9 Å². The van der Waals surface area contributed by atoms with Crippen LogP contribution in [0, 0.1) is 18.3 Å². The summed E-state index contributed by atoms with van der Waals surface area (Å²) in [6.45, 7) is 10.6. The summed E-state index contributed by atoms with van der Waals surface area (Å²) in [5.41, 5.74) is 2.42. The van der Waals surface area contributed by atoms with Gasteiger partial charge in [-0.1, -0.05) is 0 Å². The largest absolute Gasteiger partial charge is 0.462 e. The van der Waals surface area contributed by atoms with Crippen molar-refractivity contribution in [1.82, 2.24) is 14.5 Å². The normalized spacial score (nSPS) is 16.0. The number of thiazole rings is 1. The molecule has 1 aliphatic rings. The van der Waals surface area contributed by atoms with Crippen molar-refractivity contribution in [3.63, 3.8) is 0 Å². The van der Waals surface area contributed by atoms with Gasteiger partial charge in [0.05, 0.1) is 23.9 Å². The lowest BCUT2D eigenvalue weighted by Gasteiger charge is -2.24. The lowest BCUT2D eigenvalue weighted by Crippen LogP contribution is -2.35. The number of carbonyl (C=O) groups excluding carboxylic acids is 2. The molecule has 3 heterocycles. The average Bonchev–Trinajstić information content (AvgIpc) is 3.48. The van der Waals surface area contributed by atoms with Crippen LogP contribution in [0.5, 0.6) is 0 Å². The van der Waals surface area contributed by atoms with Gasteiger partial charge in [-0.25, -0.2) is 14.6 Å². The molecule has 2 aromatic heterocycles. The molecule has 3 aromatic rings. The van der Waals surface area contributed by atoms with Crippen LogP contribution >= 0.6 is 11.3 Å². The van der Waals surface area contributed by atoms with E-state index in [9.17, 15) is 14.9 Å². The molecule has 9 heteroatoms. The summed E-state index contributed by atoms with van der Waals surface area (Å²) < 4.78 is 12.7. The fraction of sp³-hybridized carbons (Fsp3) is 0.440. The van der Waals surface area contributed by atoms with Gasteiger partial charge >= 0.3 is 12.1 Å². The maximum absolute atomic E-state index is 12.5. The van der Waals surface area contributed by atoms with Gasteiger partial charge in [-0.3, -0.25) is 0 Å². The number of carbonyl (C=O) groups is 2. The summed E-state index contributed by atoms with van der Waals surface area (Å²) in [6.07, 6.45) is 2.32. The summed E-state index contributed by atoms with van der Waals surface area (Å²) in [7, 11) is 0. The first kappa shape index (κ1) is 23.8. The highest BCUT2D eigenvalue weighted by molar-refractivity contribution is 7.17. The van der Waals surface area contributed by atoms with Crippen LogP contribution in [0.1, 0.15) is 61.1 Å². The Hall–Kier alpha value is -3.38. The minimum absolute atomic E-state index is 0.0560. The van der Waals surface area contributed by atoms with Gasteiger partial charge in [0.25, 0.3) is 0 Å². The molecule has 1 aromatic carbocycles. The fourth-order valence-corrected chi connectivity index (χ4v) is 5.10. The molecule has 0 saturated carbocycles. The minimum atomic E-state index is -0.541. The summed E-state index contributed by atoms with van der Waals surface area (Å²) in [5, 5.41) is 11.3. The average molecular weight is 481 g/mol. The second kappa shape index (κ2) is 9.11. The molecule has 0 aliphatic carbocycles. The van der Waals surface area contributed by atoms with Gasteiger partial charge in [0.2, 0.25) is 0 Å². The summed E-state index contributed by atoms with van der Waals surface area (Å²) in [5.74, 6) is -0.371. The molecule has 0 radical (unpaired) electrons. The van der Waals surface area contributed by atoms with E-state index < -0.39 is 5.60 Å². The molecule has 0 spiro atoms. The number of fused-ring (bicyclic) bond motifs is 1. The number of likely N-dealkylation sites (tertiary alicyclic amines) is 1. The number of esters is 1. The Morgan fingerprint density at radius 1 is 1.32 bits per heavy atom. The van der Waals surface area contributed by atoms with Crippen molar-refractivity contribution >= 4 is 34.3 Å². The molecule has 178 valence electrons. The molecule has 1 aliphatic heterocycles. The lowest BCUT2D eigenvalue weighted by molar-refractivity contribution is 0.0289. The number of rotatable bonds is 4. The molecule has 0 N–H and O–H groups in total. The molecule has 34 heavy (non-hydrogen) atoms. The third-order valence-electron chi connectivity index (χ3n) is 5.67. The Balaban J connectivity index is 1.63. The highest BCUT2D eigenvalue weighted by Crippen LogP contribution is 2.35. The van der Waals surface area contributed by atoms with Crippen LogP contribution in [0.2, 0.25) is 0 Å². The van der Waals surface area contributed by atoms with Gasteiger partial charge < -0.3 is 18.9 Å². The van der Waals surface area contributed by atoms with E-state index in [1.54, 1.807) is 18.7 Å². The van der Waals surface area contributed by atoms with Crippen LogP contribution in [-0.2, 0) is 9.47 Å². The van der Waals surface area contributed by atoms with Crippen molar-refractivity contribution in [3.8, 4) is 16.6 Å². The number of amides is 1. The van der Waals surface area contributed by atoms with E-state index in [1.807, 2.05) is 45.2 Å². The smallest absolute Gasteiger partial charge is 0.410 e. The molecule has 4 rings (SSSR count). The van der Waals surface area contributed by atoms with Crippen molar-refractivity contribution in [2.45, 2.75) is 52.7 Å². The van der Waals surface area contributed by atoms with Crippen molar-refractivity contribution in [3.05, 3.63) is 40.5 Å². The SMILES string of the molecule is CCOC(=O)c1sc(-c2ccc3c(c2)c(C#N)cn3C2CCN(C(=O)OC(C)(C)C)C2)nc1C. The number of aryl methyl sites for hydroxylation is 1. The maximum Gasteiger partial charge on any atom is 0.410 e. The monoisotopic (exact) mass is 480 g/mol. The van der Waals surface area contributed by atoms with Gasteiger partial charge in [0.15, 0.2) is 0 Å². The highest BCUT2D eigenvalue weighted by Gasteiger charge is 2.31. The maximum atomic E-state index is 12.5. The molecule has 1 amide bonds. The van der Waals surface area contributed by atoms with E-state index >= 15 is 0 Å². The third-order valence-corrected chi connectivity index (χ3v) is 6.85. The number of benzene rings is 1. The standard InChI is InChI=1S/C25H28N4O4S/c1-6-32-23(30)21-15(2)27-22(34-21)16-7-8-20-19(11-16)17(12-26)13-29(20)18-9-10-28(14-18)24(31)33-25(3,4)5/h7-8,11,13,18H,6,9-10,14H2,1-5H3. The number of nitrogens with zero attached hydrogens (tertiary/aromatic N) is 4. The number of ether oxygens (including phenoxy) is 2. The minimum Gasteiger partial charge on any atom is -0.462 e. The Morgan fingerprint density at radius 3 is 2.76 bits per heavy atom. The Kier molecular flexibility index (Phi) is 6.36. The van der Waals surface area contributed by atoms with Crippen LogP contribution in [0.3, 0.4) is 0 Å². The molecule has 1 atom stereocenters. The van der Waals surface area contributed by atoms with Crippen molar-refractivity contribution < 1.29 is 19.1 Å². The van der Waals surface area contributed by atoms with Crippen molar-refractivity contribution in [1.29, 1.82) is 5.26 Å². The molecular formula is C25H28N4O4S. The van der Waals surface area contributed by atoms with Gasteiger partial charge in [0.1, 0.15) is 21.6 Å². The molecule has 0 bridgehead atoms. The molecule has 8 nitrogen and oxygen atoms in total. The number of aromatic nitrogens is 2. The predicted octanol–water partition coefficient (Wildman–Crippen LogP) is 5.30. The van der Waals surface area contributed by atoms with Crippen LogP contribution in [0.25, 0.3) is 21.5 Å². The van der Waals surface area contributed by atoms with E-state index in [0.29, 0.717) is 40.8 Å². The second-order valence-corrected chi connectivity index (χ2v) is 10.3. The summed E-state index contributed by atoms with van der Waals surface area (Å²) >= 11 is 1.29. The number of nitriles is 1. The predicted molar refractivity (Wildman–Crippen MR) is 130 cm³/mol. The first-order valence-electron chi connectivity index (χ1n) is 11.3. The van der Waals surface area contributed by atoms with E-state index in [2.05, 4.69) is 15.6 Å². The zero-order chi connectivity index (χ0) is 24.6. The Labute approximate surface area is 202 Å². The van der Waals surface area contributed by atoms with Crippen LogP contribution in [0.4, 0.5) is 4.79 Å². The van der Waals surface area contributed by atoms with E-state index in [1.165, 1.54) is 11.3 Å². The highest BCUT2D eigenvalue weighted by atomic mass is 32.1. The molecular weight excluding hydrogens is 452 g/mol. The summed E-state index contributed by atoms with van der Waals surface area (Å²) in [6, 6.07) is 8.22. The molecule has 1 unspecified atom stereocenters. The Morgan fingerprint density at radius 2 is 2.09 bits per heavy atom. The van der Waals surface area contributed by atoms with Crippen molar-refractivity contribution in [2.75, 3.05) is 19.7 Å². The second-order valence-electron chi connectivity index (χ2n) is 9.32. The topological polar surface area (TPSA) is 97.5 Å². The number of hydrogen-bond acceptors (Lipinski definition) is 7. The quantitative estimate of drug-likeness (QED) is 0.470. The first-order valence-corrected chi connectivity index (χ1v) is 12.1. The van der Waals surface area contributed by atoms with Crippen LogP contribution in [-0.4, -0.2) is 51.8 Å². The Bertz CT molecular complexity index is 1290. The third kappa shape index (κ3) is 4.64. The molecule has 1 fully saturated rings. The van der Waals surface area contributed by atoms with Gasteiger partial charge in [0, 0.05) is 35.8 Å². The van der Waals surface area contributed by atoms with Gasteiger partial charge in [-0.15, -0.1) is 11.3 Å². The lowest BCUT2D eigenvalue weighted by atomic mass is 10.1. The van der Waals surface area contributed by atoms with Crippen LogP contribution < -0.4 is 0 Å². The van der Waals surface area contributed by atoms with E-state index in [4.69, 9.17) is 9.47 Å². The zero-order valence-electron chi connectivity index (χ0n) is 20.0. The van der Waals surface area contributed by atoms with Crippen molar-refractivity contribution in [2.24, 2.45) is 0 Å². The van der Waals surface area contributed by atoms with Crippen LogP contribution in [0.15, 0.2) is 24.4 Å². The number of hydrogen-bond donors (Lipinski definition) is 0. The van der Waals surface area contributed by atoms with Gasteiger partial charge in [-0.05, 0) is 59.2 Å². The zero-order valence-corrected chi connectivity index (χ0v) is 20.9. The summed E-state index contributed by atoms with van der Waals surface area (Å²) in [4.78, 5) is 31.4.